The van der Waals surface area contributed by atoms with Gasteiger partial charge in [-0.25, -0.2) is 9.97 Å². The number of imidazole rings is 1. The van der Waals surface area contributed by atoms with E-state index in [1.165, 1.54) is 5.56 Å². The number of hydrogen-bond acceptors (Lipinski definition) is 5. The van der Waals surface area contributed by atoms with Gasteiger partial charge in [0.05, 0.1) is 5.56 Å². The first-order valence-electron chi connectivity index (χ1n) is 10.8. The van der Waals surface area contributed by atoms with Gasteiger partial charge in [-0.2, -0.15) is 0 Å². The maximum Gasteiger partial charge on any atom is 0.272 e. The second-order valence-electron chi connectivity index (χ2n) is 8.88. The number of aromatic nitrogens is 4. The summed E-state index contributed by atoms with van der Waals surface area (Å²) in [6.45, 7) is 2.84. The van der Waals surface area contributed by atoms with Gasteiger partial charge in [0.15, 0.2) is 0 Å². The van der Waals surface area contributed by atoms with Crippen LogP contribution in [0.3, 0.4) is 0 Å². The molecule has 3 aliphatic rings. The number of H-pyrrole nitrogens is 1. The average Bonchev–Trinajstić information content (AvgIpc) is 3.44. The van der Waals surface area contributed by atoms with E-state index in [9.17, 15) is 9.59 Å². The minimum atomic E-state index is -0.0131. The fourth-order valence-electron chi connectivity index (χ4n) is 5.38. The van der Waals surface area contributed by atoms with E-state index < -0.39 is 0 Å². The monoisotopic (exact) mass is 416 g/mol. The molecule has 2 bridgehead atoms. The van der Waals surface area contributed by atoms with Crippen molar-refractivity contribution in [1.29, 1.82) is 0 Å². The van der Waals surface area contributed by atoms with E-state index in [0.717, 1.165) is 30.9 Å². The molecule has 1 amide bonds. The fraction of sp³-hybridized carbons (Fsp3) is 0.391. The largest absolute Gasteiger partial charge is 0.359 e. The Morgan fingerprint density at radius 1 is 1.16 bits per heavy atom. The Hall–Kier alpha value is -3.42. The van der Waals surface area contributed by atoms with Gasteiger partial charge in [0.2, 0.25) is 0 Å². The third-order valence-electron chi connectivity index (χ3n) is 6.90. The number of pyridine rings is 2. The number of fused-ring (bicyclic) bond motifs is 5. The Balaban J connectivity index is 1.29. The van der Waals surface area contributed by atoms with E-state index in [0.29, 0.717) is 36.7 Å². The molecule has 8 nitrogen and oxygen atoms in total. The number of likely N-dealkylation sites (tertiary alicyclic amines) is 1. The molecule has 1 saturated heterocycles. The number of piperidine rings is 1. The third-order valence-corrected chi connectivity index (χ3v) is 6.90. The summed E-state index contributed by atoms with van der Waals surface area (Å²) in [6.07, 6.45) is 5.36. The molecule has 0 radical (unpaired) electrons. The van der Waals surface area contributed by atoms with Crippen molar-refractivity contribution in [3.63, 3.8) is 0 Å². The molecule has 3 aromatic rings. The molecule has 3 aromatic heterocycles. The summed E-state index contributed by atoms with van der Waals surface area (Å²) in [5.41, 5.74) is 3.31. The van der Waals surface area contributed by atoms with Gasteiger partial charge >= 0.3 is 0 Å². The van der Waals surface area contributed by atoms with E-state index in [4.69, 9.17) is 0 Å². The van der Waals surface area contributed by atoms with Gasteiger partial charge < -0.3 is 19.4 Å². The average molecular weight is 416 g/mol. The van der Waals surface area contributed by atoms with Crippen LogP contribution in [0.25, 0.3) is 11.4 Å². The van der Waals surface area contributed by atoms with Crippen molar-refractivity contribution in [2.45, 2.75) is 25.3 Å². The zero-order valence-corrected chi connectivity index (χ0v) is 17.4. The number of nitrogens with zero attached hydrogens (tertiary/aromatic N) is 5. The SMILES string of the molecule is CN1CCc2ccc(C(=O)N3C[C@@H]4C[C@H](C3)c3ccc(-c5ncc[nH]5)c(=O)n3C4)nc21. The van der Waals surface area contributed by atoms with Gasteiger partial charge in [-0.1, -0.05) is 6.07 Å². The summed E-state index contributed by atoms with van der Waals surface area (Å²) in [7, 11) is 2.02. The lowest BCUT2D eigenvalue weighted by Gasteiger charge is -2.42. The summed E-state index contributed by atoms with van der Waals surface area (Å²) in [6, 6.07) is 7.77. The third kappa shape index (κ3) is 2.89. The second kappa shape index (κ2) is 6.80. The molecule has 0 aromatic carbocycles. The summed E-state index contributed by atoms with van der Waals surface area (Å²) in [4.78, 5) is 42.4. The molecule has 0 saturated carbocycles. The second-order valence-corrected chi connectivity index (χ2v) is 8.88. The number of rotatable bonds is 2. The van der Waals surface area contributed by atoms with E-state index in [-0.39, 0.29) is 23.3 Å². The molecule has 0 aliphatic carbocycles. The van der Waals surface area contributed by atoms with Crippen LogP contribution in [-0.4, -0.2) is 57.0 Å². The summed E-state index contributed by atoms with van der Waals surface area (Å²) < 4.78 is 1.89. The van der Waals surface area contributed by atoms with Crippen molar-refractivity contribution in [2.75, 3.05) is 31.6 Å². The van der Waals surface area contributed by atoms with Gasteiger partial charge in [-0.15, -0.1) is 0 Å². The van der Waals surface area contributed by atoms with Gasteiger partial charge in [-0.05, 0) is 42.5 Å². The summed E-state index contributed by atoms with van der Waals surface area (Å²) in [5, 5.41) is 0. The van der Waals surface area contributed by atoms with Crippen molar-refractivity contribution in [2.24, 2.45) is 5.92 Å². The van der Waals surface area contributed by atoms with E-state index >= 15 is 0 Å². The smallest absolute Gasteiger partial charge is 0.272 e. The van der Waals surface area contributed by atoms with Crippen molar-refractivity contribution in [1.82, 2.24) is 24.4 Å². The van der Waals surface area contributed by atoms with Crippen molar-refractivity contribution in [3.05, 3.63) is 64.0 Å². The topological polar surface area (TPSA) is 87.1 Å². The molecule has 2 atom stereocenters. The van der Waals surface area contributed by atoms with Crippen LogP contribution in [-0.2, 0) is 13.0 Å². The van der Waals surface area contributed by atoms with Crippen molar-refractivity contribution >= 4 is 11.7 Å². The molecule has 8 heteroatoms. The number of hydrogen-bond donors (Lipinski definition) is 1. The molecule has 6 rings (SSSR count). The fourth-order valence-corrected chi connectivity index (χ4v) is 5.38. The van der Waals surface area contributed by atoms with Crippen LogP contribution in [0.2, 0.25) is 0 Å². The van der Waals surface area contributed by atoms with Crippen LogP contribution in [0.5, 0.6) is 0 Å². The predicted molar refractivity (Wildman–Crippen MR) is 116 cm³/mol. The van der Waals surface area contributed by atoms with Crippen LogP contribution < -0.4 is 10.5 Å². The highest BCUT2D eigenvalue weighted by molar-refractivity contribution is 5.93. The molecule has 1 N–H and O–H groups in total. The lowest BCUT2D eigenvalue weighted by molar-refractivity contribution is 0.0589. The van der Waals surface area contributed by atoms with E-state index in [1.54, 1.807) is 12.4 Å². The quantitative estimate of drug-likeness (QED) is 0.689. The van der Waals surface area contributed by atoms with Crippen LogP contribution >= 0.6 is 0 Å². The Morgan fingerprint density at radius 2 is 2.06 bits per heavy atom. The minimum absolute atomic E-state index is 0.00903. The molecule has 0 unspecified atom stereocenters. The molecule has 31 heavy (non-hydrogen) atoms. The summed E-state index contributed by atoms with van der Waals surface area (Å²) >= 11 is 0. The standard InChI is InChI=1S/C23H24N6O2/c1-27-9-6-15-2-4-18(26-21(15)27)23(31)28-11-14-10-16(13-28)19-5-3-17(20-24-7-8-25-20)22(30)29(19)12-14/h2-5,7-8,14,16H,6,9-13H2,1H3,(H,24,25)/t14-,16+/m0/s1. The maximum atomic E-state index is 13.3. The Morgan fingerprint density at radius 3 is 2.90 bits per heavy atom. The van der Waals surface area contributed by atoms with Crippen LogP contribution in [0.4, 0.5) is 5.82 Å². The number of aromatic amines is 1. The van der Waals surface area contributed by atoms with E-state index in [1.807, 2.05) is 40.8 Å². The minimum Gasteiger partial charge on any atom is -0.359 e. The molecule has 6 heterocycles. The Labute approximate surface area is 179 Å². The van der Waals surface area contributed by atoms with Gasteiger partial charge in [-0.3, -0.25) is 9.59 Å². The van der Waals surface area contributed by atoms with Crippen molar-refractivity contribution in [3.8, 4) is 11.4 Å². The number of likely N-dealkylation sites (N-methyl/N-ethyl adjacent to an activating group) is 1. The number of carbonyl (C=O) groups is 1. The van der Waals surface area contributed by atoms with Gasteiger partial charge in [0, 0.05) is 57.2 Å². The number of anilines is 1. The molecule has 158 valence electrons. The number of carbonyl (C=O) groups excluding carboxylic acids is 1. The molecule has 1 fully saturated rings. The van der Waals surface area contributed by atoms with Crippen LogP contribution in [0.15, 0.2) is 41.5 Å². The first-order chi connectivity index (χ1) is 15.1. The first kappa shape index (κ1) is 18.4. The Kier molecular flexibility index (Phi) is 4.03. The number of nitrogens with one attached hydrogen (secondary N) is 1. The molecule has 3 aliphatic heterocycles. The lowest BCUT2D eigenvalue weighted by Crippen LogP contribution is -2.49. The maximum absolute atomic E-state index is 13.3. The highest BCUT2D eigenvalue weighted by Gasteiger charge is 2.37. The lowest BCUT2D eigenvalue weighted by atomic mass is 9.82. The first-order valence-corrected chi connectivity index (χ1v) is 10.8. The zero-order valence-electron chi connectivity index (χ0n) is 17.4. The molecular formula is C23H24N6O2. The zero-order chi connectivity index (χ0) is 21.1. The normalized spacial score (nSPS) is 21.7. The van der Waals surface area contributed by atoms with Crippen LogP contribution in [0, 0.1) is 5.92 Å². The molecule has 0 spiro atoms. The van der Waals surface area contributed by atoms with Gasteiger partial charge in [0.1, 0.15) is 17.3 Å². The van der Waals surface area contributed by atoms with Crippen LogP contribution in [0.1, 0.15) is 34.1 Å². The van der Waals surface area contributed by atoms with E-state index in [2.05, 4.69) is 19.9 Å². The van der Waals surface area contributed by atoms with Gasteiger partial charge in [0.25, 0.3) is 11.5 Å². The highest BCUT2D eigenvalue weighted by Crippen LogP contribution is 2.36. The molecular weight excluding hydrogens is 392 g/mol. The summed E-state index contributed by atoms with van der Waals surface area (Å²) in [5.74, 6) is 1.93. The number of amides is 1. The highest BCUT2D eigenvalue weighted by atomic mass is 16.2. The van der Waals surface area contributed by atoms with Crippen molar-refractivity contribution < 1.29 is 4.79 Å². The Bertz CT molecular complexity index is 1230. The predicted octanol–water partition coefficient (Wildman–Crippen LogP) is 1.89.